The van der Waals surface area contributed by atoms with Crippen molar-refractivity contribution < 1.29 is 26.7 Å². The number of rotatable bonds is 6. The van der Waals surface area contributed by atoms with Gasteiger partial charge < -0.3 is 5.11 Å². The summed E-state index contributed by atoms with van der Waals surface area (Å²) in [5.74, 6) is -1.25. The Bertz CT molecular complexity index is 542. The zero-order valence-electron chi connectivity index (χ0n) is 11.4. The summed E-state index contributed by atoms with van der Waals surface area (Å²) in [6.07, 6.45) is 1.40. The fraction of sp³-hybridized carbons (Fsp3) is 0.900. The van der Waals surface area contributed by atoms with Crippen molar-refractivity contribution in [2.45, 2.75) is 19.3 Å². The summed E-state index contributed by atoms with van der Waals surface area (Å²) in [7, 11) is -6.83. The summed E-state index contributed by atoms with van der Waals surface area (Å²) in [5.41, 5.74) is 0. The fourth-order valence-electron chi connectivity index (χ4n) is 2.01. The van der Waals surface area contributed by atoms with Gasteiger partial charge >= 0.3 is 5.97 Å². The smallest absolute Gasteiger partial charge is 0.303 e. The Kier molecular flexibility index (Phi) is 5.92. The third kappa shape index (κ3) is 5.35. The maximum Gasteiger partial charge on any atom is 0.303 e. The van der Waals surface area contributed by atoms with Gasteiger partial charge in [-0.05, 0) is 12.8 Å². The van der Waals surface area contributed by atoms with Gasteiger partial charge in [-0.25, -0.2) is 25.4 Å². The monoisotopic (exact) mass is 328 g/mol. The van der Waals surface area contributed by atoms with Crippen LogP contribution in [0.2, 0.25) is 0 Å². The molecule has 1 fully saturated rings. The molecule has 0 aliphatic carbocycles. The molecule has 1 N–H and O–H groups in total. The van der Waals surface area contributed by atoms with Crippen LogP contribution in [0.25, 0.3) is 0 Å². The molecular formula is C10H20N2O6S2. The highest BCUT2D eigenvalue weighted by molar-refractivity contribution is 7.89. The van der Waals surface area contributed by atoms with Crippen LogP contribution in [0, 0.1) is 0 Å². The fourth-order valence-corrected chi connectivity index (χ4v) is 4.42. The molecule has 1 heterocycles. The van der Waals surface area contributed by atoms with Gasteiger partial charge in [0.15, 0.2) is 0 Å². The quantitative estimate of drug-likeness (QED) is 0.679. The zero-order valence-corrected chi connectivity index (χ0v) is 13.0. The van der Waals surface area contributed by atoms with E-state index in [9.17, 15) is 21.6 Å². The van der Waals surface area contributed by atoms with Crippen molar-refractivity contribution in [1.82, 2.24) is 8.61 Å². The summed E-state index contributed by atoms with van der Waals surface area (Å²) >= 11 is 0. The average Bonchev–Trinajstić information content (AvgIpc) is 2.52. The first-order valence-corrected chi connectivity index (χ1v) is 9.73. The van der Waals surface area contributed by atoms with Gasteiger partial charge in [-0.1, -0.05) is 0 Å². The molecule has 0 unspecified atom stereocenters. The molecule has 0 radical (unpaired) electrons. The minimum Gasteiger partial charge on any atom is -0.481 e. The summed E-state index contributed by atoms with van der Waals surface area (Å²) in [6, 6.07) is 0. The van der Waals surface area contributed by atoms with Crippen LogP contribution in [-0.4, -0.2) is 74.7 Å². The first kappa shape index (κ1) is 17.3. The van der Waals surface area contributed by atoms with Crippen molar-refractivity contribution in [3.8, 4) is 0 Å². The summed E-state index contributed by atoms with van der Waals surface area (Å²) in [5, 5.41) is 8.51. The highest BCUT2D eigenvalue weighted by Crippen LogP contribution is 2.12. The first-order valence-electron chi connectivity index (χ1n) is 6.27. The maximum absolute atomic E-state index is 12.0. The lowest BCUT2D eigenvalue weighted by Crippen LogP contribution is -2.38. The Labute approximate surface area is 119 Å². The highest BCUT2D eigenvalue weighted by Gasteiger charge is 2.27. The van der Waals surface area contributed by atoms with Gasteiger partial charge in [-0.2, -0.15) is 0 Å². The molecule has 20 heavy (non-hydrogen) atoms. The Morgan fingerprint density at radius 2 is 1.60 bits per heavy atom. The molecular weight excluding hydrogens is 308 g/mol. The second-order valence-corrected chi connectivity index (χ2v) is 8.80. The van der Waals surface area contributed by atoms with Crippen molar-refractivity contribution in [2.75, 3.05) is 38.2 Å². The van der Waals surface area contributed by atoms with Crippen molar-refractivity contribution in [3.63, 3.8) is 0 Å². The van der Waals surface area contributed by atoms with E-state index in [4.69, 9.17) is 5.11 Å². The number of sulfonamides is 2. The Balaban J connectivity index is 2.61. The number of hydrogen-bond acceptors (Lipinski definition) is 5. The van der Waals surface area contributed by atoms with Crippen molar-refractivity contribution >= 4 is 26.0 Å². The molecule has 0 aromatic heterocycles. The Morgan fingerprint density at radius 1 is 1.05 bits per heavy atom. The van der Waals surface area contributed by atoms with Crippen molar-refractivity contribution in [2.24, 2.45) is 0 Å². The van der Waals surface area contributed by atoms with Crippen LogP contribution in [0.1, 0.15) is 19.3 Å². The van der Waals surface area contributed by atoms with E-state index in [2.05, 4.69) is 0 Å². The lowest BCUT2D eigenvalue weighted by molar-refractivity contribution is -0.137. The maximum atomic E-state index is 12.0. The number of hydrogen-bond donors (Lipinski definition) is 1. The molecule has 1 rings (SSSR count). The zero-order chi connectivity index (χ0) is 15.4. The van der Waals surface area contributed by atoms with E-state index in [1.807, 2.05) is 0 Å². The standard InChI is InChI=1S/C10H20N2O6S2/c1-19(15,16)11-5-3-6-12(8-7-11)20(17,18)9-2-4-10(13)14/h2-9H2,1H3,(H,13,14). The molecule has 8 nitrogen and oxygen atoms in total. The Morgan fingerprint density at radius 3 is 2.15 bits per heavy atom. The number of carboxylic acid groups (broad SMARTS) is 1. The van der Waals surface area contributed by atoms with E-state index in [1.165, 1.54) is 8.61 Å². The van der Waals surface area contributed by atoms with E-state index >= 15 is 0 Å². The number of nitrogens with zero attached hydrogens (tertiary/aromatic N) is 2. The first-order chi connectivity index (χ1) is 9.13. The molecule has 0 aromatic carbocycles. The molecule has 0 spiro atoms. The Hall–Kier alpha value is -0.710. The normalized spacial score (nSPS) is 19.6. The lowest BCUT2D eigenvalue weighted by Gasteiger charge is -2.20. The summed E-state index contributed by atoms with van der Waals surface area (Å²) in [6.45, 7) is 0.820. The number of aliphatic carboxylic acids is 1. The summed E-state index contributed by atoms with van der Waals surface area (Å²) < 4.78 is 49.5. The molecule has 1 saturated heterocycles. The summed E-state index contributed by atoms with van der Waals surface area (Å²) in [4.78, 5) is 10.4. The molecule has 0 atom stereocenters. The van der Waals surface area contributed by atoms with Crippen molar-refractivity contribution in [1.29, 1.82) is 0 Å². The van der Waals surface area contributed by atoms with Gasteiger partial charge in [-0.15, -0.1) is 0 Å². The van der Waals surface area contributed by atoms with Crippen LogP contribution >= 0.6 is 0 Å². The van der Waals surface area contributed by atoms with Crippen LogP contribution in [-0.2, 0) is 24.8 Å². The second kappa shape index (κ2) is 6.83. The minimum absolute atomic E-state index is 0.0595. The van der Waals surface area contributed by atoms with Gasteiger partial charge in [-0.3, -0.25) is 4.79 Å². The minimum atomic E-state index is -3.52. The molecule has 0 bridgehead atoms. The van der Waals surface area contributed by atoms with E-state index in [1.54, 1.807) is 0 Å². The van der Waals surface area contributed by atoms with Crippen LogP contribution in [0.3, 0.4) is 0 Å². The molecule has 0 amide bonds. The van der Waals surface area contributed by atoms with Gasteiger partial charge in [0.2, 0.25) is 20.0 Å². The van der Waals surface area contributed by atoms with Gasteiger partial charge in [0.1, 0.15) is 0 Å². The number of carboxylic acids is 1. The molecule has 0 aromatic rings. The molecule has 1 aliphatic rings. The number of carbonyl (C=O) groups is 1. The average molecular weight is 328 g/mol. The predicted molar refractivity (Wildman–Crippen MR) is 73.3 cm³/mol. The second-order valence-electron chi connectivity index (χ2n) is 4.73. The van der Waals surface area contributed by atoms with Crippen molar-refractivity contribution in [3.05, 3.63) is 0 Å². The van der Waals surface area contributed by atoms with Gasteiger partial charge in [0, 0.05) is 32.6 Å². The molecule has 118 valence electrons. The third-order valence-electron chi connectivity index (χ3n) is 3.07. The van der Waals surface area contributed by atoms with E-state index < -0.39 is 26.0 Å². The van der Waals surface area contributed by atoms with Gasteiger partial charge in [0.25, 0.3) is 0 Å². The molecule has 1 aliphatic heterocycles. The van der Waals surface area contributed by atoms with Crippen LogP contribution in [0.15, 0.2) is 0 Å². The SMILES string of the molecule is CS(=O)(=O)N1CCCN(S(=O)(=O)CCCC(=O)O)CC1. The molecule has 0 saturated carbocycles. The highest BCUT2D eigenvalue weighted by atomic mass is 32.2. The van der Waals surface area contributed by atoms with E-state index in [0.717, 1.165) is 6.26 Å². The van der Waals surface area contributed by atoms with Crippen LogP contribution < -0.4 is 0 Å². The predicted octanol–water partition coefficient (Wildman–Crippen LogP) is -0.852. The van der Waals surface area contributed by atoms with E-state index in [0.29, 0.717) is 13.0 Å². The largest absolute Gasteiger partial charge is 0.481 e. The molecule has 10 heteroatoms. The van der Waals surface area contributed by atoms with Gasteiger partial charge in [0.05, 0.1) is 12.0 Å². The van der Waals surface area contributed by atoms with Crippen LogP contribution in [0.5, 0.6) is 0 Å². The van der Waals surface area contributed by atoms with E-state index in [-0.39, 0.29) is 38.2 Å². The lowest BCUT2D eigenvalue weighted by atomic mass is 10.3. The topological polar surface area (TPSA) is 112 Å². The van der Waals surface area contributed by atoms with Crippen LogP contribution in [0.4, 0.5) is 0 Å². The third-order valence-corrected chi connectivity index (χ3v) is 6.33.